The van der Waals surface area contributed by atoms with Gasteiger partial charge in [-0.05, 0) is 48.9 Å². The van der Waals surface area contributed by atoms with Crippen molar-refractivity contribution < 1.29 is 18.3 Å². The lowest BCUT2D eigenvalue weighted by molar-refractivity contribution is 0.0697. The maximum atomic E-state index is 12.6. The Morgan fingerprint density at radius 3 is 2.28 bits per heavy atom. The molecular formula is C24H25N3O4S. The highest BCUT2D eigenvalue weighted by Crippen LogP contribution is 2.29. The van der Waals surface area contributed by atoms with Crippen molar-refractivity contribution in [3.05, 3.63) is 84.1 Å². The number of rotatable bonds is 7. The summed E-state index contributed by atoms with van der Waals surface area (Å²) in [5.41, 5.74) is 1.42. The number of anilines is 2. The molecule has 166 valence electrons. The number of aromatic carboxylic acids is 1. The lowest BCUT2D eigenvalue weighted by Gasteiger charge is -2.33. The summed E-state index contributed by atoms with van der Waals surface area (Å²) in [7, 11) is -3.83. The van der Waals surface area contributed by atoms with Crippen LogP contribution < -0.4 is 9.62 Å². The number of hydrogen-bond donors (Lipinski definition) is 2. The van der Waals surface area contributed by atoms with Crippen molar-refractivity contribution in [3.8, 4) is 0 Å². The molecule has 0 amide bonds. The number of hydrogen-bond acceptors (Lipinski definition) is 5. The third-order valence-electron chi connectivity index (χ3n) is 5.68. The van der Waals surface area contributed by atoms with Gasteiger partial charge in [-0.2, -0.15) is 0 Å². The van der Waals surface area contributed by atoms with E-state index in [9.17, 15) is 18.3 Å². The van der Waals surface area contributed by atoms with E-state index in [4.69, 9.17) is 0 Å². The Kier molecular flexibility index (Phi) is 6.41. The summed E-state index contributed by atoms with van der Waals surface area (Å²) >= 11 is 0. The van der Waals surface area contributed by atoms with Gasteiger partial charge in [-0.15, -0.1) is 0 Å². The van der Waals surface area contributed by atoms with Crippen LogP contribution in [0.25, 0.3) is 0 Å². The zero-order chi connectivity index (χ0) is 22.6. The van der Waals surface area contributed by atoms with Gasteiger partial charge in [0, 0.05) is 13.1 Å². The second kappa shape index (κ2) is 9.40. The first kappa shape index (κ1) is 21.8. The largest absolute Gasteiger partial charge is 0.478 e. The van der Waals surface area contributed by atoms with Gasteiger partial charge in [0.1, 0.15) is 11.4 Å². The molecule has 0 bridgehead atoms. The minimum Gasteiger partial charge on any atom is -0.478 e. The topological polar surface area (TPSA) is 99.6 Å². The number of sulfonamides is 1. The summed E-state index contributed by atoms with van der Waals surface area (Å²) in [6, 6.07) is 19.6. The molecule has 32 heavy (non-hydrogen) atoms. The average Bonchev–Trinajstić information content (AvgIpc) is 2.81. The SMILES string of the molecule is O=C(O)c1cc(NS(=O)(=O)c2ccccc2)cnc1N1CCC(Cc2ccccc2)CC1. The first-order valence-electron chi connectivity index (χ1n) is 10.5. The van der Waals surface area contributed by atoms with Gasteiger partial charge in [-0.25, -0.2) is 18.2 Å². The number of piperidine rings is 1. The summed E-state index contributed by atoms with van der Waals surface area (Å²) in [6.07, 6.45) is 4.27. The van der Waals surface area contributed by atoms with Crippen LogP contribution in [0.1, 0.15) is 28.8 Å². The molecule has 1 aliphatic heterocycles. The number of carboxylic acids is 1. The van der Waals surface area contributed by atoms with Crippen LogP contribution in [0, 0.1) is 5.92 Å². The van der Waals surface area contributed by atoms with Crippen LogP contribution in [-0.4, -0.2) is 37.6 Å². The monoisotopic (exact) mass is 451 g/mol. The predicted octanol–water partition coefficient (Wildman–Crippen LogP) is 4.04. The maximum absolute atomic E-state index is 12.6. The molecule has 0 radical (unpaired) electrons. The van der Waals surface area contributed by atoms with Gasteiger partial charge in [0.15, 0.2) is 0 Å². The molecule has 7 nitrogen and oxygen atoms in total. The van der Waals surface area contributed by atoms with E-state index in [1.165, 1.54) is 30.0 Å². The molecule has 1 fully saturated rings. The molecule has 2 heterocycles. The molecule has 1 aliphatic rings. The number of nitrogens with one attached hydrogen (secondary N) is 1. The molecule has 3 aromatic rings. The third-order valence-corrected chi connectivity index (χ3v) is 7.08. The number of carbonyl (C=O) groups is 1. The Morgan fingerprint density at radius 2 is 1.66 bits per heavy atom. The van der Waals surface area contributed by atoms with Crippen molar-refractivity contribution in [1.82, 2.24) is 4.98 Å². The first-order valence-corrected chi connectivity index (χ1v) is 12.0. The van der Waals surface area contributed by atoms with E-state index in [-0.39, 0.29) is 16.1 Å². The Labute approximate surface area is 187 Å². The van der Waals surface area contributed by atoms with Gasteiger partial charge in [0.25, 0.3) is 10.0 Å². The molecule has 0 unspecified atom stereocenters. The highest BCUT2D eigenvalue weighted by atomic mass is 32.2. The quantitative estimate of drug-likeness (QED) is 0.562. The molecule has 0 aliphatic carbocycles. The van der Waals surface area contributed by atoms with E-state index < -0.39 is 16.0 Å². The molecule has 0 atom stereocenters. The number of pyridine rings is 1. The molecular weight excluding hydrogens is 426 g/mol. The number of nitrogens with zero attached hydrogens (tertiary/aromatic N) is 2. The Bertz CT molecular complexity index is 1180. The fraction of sp³-hybridized carbons (Fsp3) is 0.250. The first-order chi connectivity index (χ1) is 15.4. The molecule has 0 spiro atoms. The maximum Gasteiger partial charge on any atom is 0.339 e. The summed E-state index contributed by atoms with van der Waals surface area (Å²) in [4.78, 5) is 18.3. The molecule has 0 saturated carbocycles. The van der Waals surface area contributed by atoms with Crippen LogP contribution in [0.15, 0.2) is 77.8 Å². The van der Waals surface area contributed by atoms with Gasteiger partial charge in [0.05, 0.1) is 16.8 Å². The molecule has 8 heteroatoms. The lowest BCUT2D eigenvalue weighted by Crippen LogP contribution is -2.36. The lowest BCUT2D eigenvalue weighted by atomic mass is 9.90. The smallest absolute Gasteiger partial charge is 0.339 e. The Balaban J connectivity index is 1.47. The van der Waals surface area contributed by atoms with Crippen molar-refractivity contribution in [3.63, 3.8) is 0 Å². The van der Waals surface area contributed by atoms with E-state index in [1.54, 1.807) is 18.2 Å². The zero-order valence-corrected chi connectivity index (χ0v) is 18.3. The van der Waals surface area contributed by atoms with E-state index >= 15 is 0 Å². The van der Waals surface area contributed by atoms with Gasteiger partial charge >= 0.3 is 5.97 Å². The normalized spacial score (nSPS) is 14.8. The fourth-order valence-electron chi connectivity index (χ4n) is 4.03. The summed E-state index contributed by atoms with van der Waals surface area (Å²) in [5.74, 6) is -0.225. The summed E-state index contributed by atoms with van der Waals surface area (Å²) in [5, 5.41) is 9.74. The van der Waals surface area contributed by atoms with E-state index in [1.807, 2.05) is 23.1 Å². The summed E-state index contributed by atoms with van der Waals surface area (Å²) < 4.78 is 27.5. The fourth-order valence-corrected chi connectivity index (χ4v) is 5.09. The van der Waals surface area contributed by atoms with Gasteiger partial charge in [-0.1, -0.05) is 48.5 Å². The van der Waals surface area contributed by atoms with E-state index in [0.717, 1.165) is 19.3 Å². The minimum atomic E-state index is -3.83. The minimum absolute atomic E-state index is 0.0141. The Morgan fingerprint density at radius 1 is 1.03 bits per heavy atom. The molecule has 2 N–H and O–H groups in total. The highest BCUT2D eigenvalue weighted by molar-refractivity contribution is 7.92. The van der Waals surface area contributed by atoms with E-state index in [2.05, 4.69) is 21.8 Å². The van der Waals surface area contributed by atoms with Crippen LogP contribution >= 0.6 is 0 Å². The van der Waals surface area contributed by atoms with Gasteiger partial charge in [0.2, 0.25) is 0 Å². The van der Waals surface area contributed by atoms with Crippen molar-refractivity contribution in [2.24, 2.45) is 5.92 Å². The molecule has 2 aromatic carbocycles. The molecule has 4 rings (SSSR count). The van der Waals surface area contributed by atoms with Gasteiger partial charge in [-0.3, -0.25) is 4.72 Å². The predicted molar refractivity (Wildman–Crippen MR) is 124 cm³/mol. The molecule has 1 aromatic heterocycles. The van der Waals surface area contributed by atoms with Crippen LogP contribution in [-0.2, 0) is 16.4 Å². The van der Waals surface area contributed by atoms with Crippen molar-refractivity contribution in [2.45, 2.75) is 24.2 Å². The van der Waals surface area contributed by atoms with E-state index in [0.29, 0.717) is 24.8 Å². The van der Waals surface area contributed by atoms with Crippen molar-refractivity contribution in [1.29, 1.82) is 0 Å². The van der Waals surface area contributed by atoms with Crippen molar-refractivity contribution in [2.75, 3.05) is 22.7 Å². The van der Waals surface area contributed by atoms with Crippen LogP contribution in [0.2, 0.25) is 0 Å². The highest BCUT2D eigenvalue weighted by Gasteiger charge is 2.25. The third kappa shape index (κ3) is 5.08. The van der Waals surface area contributed by atoms with Gasteiger partial charge < -0.3 is 10.0 Å². The molecule has 1 saturated heterocycles. The van der Waals surface area contributed by atoms with Crippen molar-refractivity contribution >= 4 is 27.5 Å². The van der Waals surface area contributed by atoms with Crippen LogP contribution in [0.4, 0.5) is 11.5 Å². The number of carboxylic acid groups (broad SMARTS) is 1. The number of aromatic nitrogens is 1. The second-order valence-electron chi connectivity index (χ2n) is 7.94. The van der Waals surface area contributed by atoms with Crippen LogP contribution in [0.3, 0.4) is 0 Å². The average molecular weight is 452 g/mol. The Hall–Kier alpha value is -3.39. The standard InChI is InChI=1S/C24H25N3O4S/c28-24(29)22-16-20(26-32(30,31)21-9-5-2-6-10-21)17-25-23(22)27-13-11-19(12-14-27)15-18-7-3-1-4-8-18/h1-10,16-17,19,26H,11-15H2,(H,28,29). The summed E-state index contributed by atoms with van der Waals surface area (Å²) in [6.45, 7) is 1.42. The zero-order valence-electron chi connectivity index (χ0n) is 17.5. The van der Waals surface area contributed by atoms with Crippen LogP contribution in [0.5, 0.6) is 0 Å². The second-order valence-corrected chi connectivity index (χ2v) is 9.62. The number of benzene rings is 2.